The van der Waals surface area contributed by atoms with Crippen molar-refractivity contribution in [1.82, 2.24) is 0 Å². The van der Waals surface area contributed by atoms with Gasteiger partial charge in [-0.2, -0.15) is 0 Å². The minimum absolute atomic E-state index is 0.0185. The van der Waals surface area contributed by atoms with E-state index in [2.05, 4.69) is 0 Å². The number of furan rings is 1. The van der Waals surface area contributed by atoms with Crippen LogP contribution in [0.3, 0.4) is 0 Å². The lowest BCUT2D eigenvalue weighted by molar-refractivity contribution is -0.384. The number of hydrogen-bond acceptors (Lipinski definition) is 6. The monoisotopic (exact) mass is 567 g/mol. The zero-order valence-electron chi connectivity index (χ0n) is 22.4. The Morgan fingerprint density at radius 3 is 2.49 bits per heavy atom. The SMILES string of the molecule is CC1(C)CC(=O)[C@@H]2C(=Nc3ccccc3N(C(=O)c3ccccc3)[C@@H]2c2ccc(-c3ccc([N+](=O)[O-])cc3Cl)o2)C1. The second kappa shape index (κ2) is 10.1. The fraction of sp³-hybridized carbons (Fsp3) is 0.219. The Balaban J connectivity index is 1.54. The zero-order chi connectivity index (χ0) is 28.9. The van der Waals surface area contributed by atoms with Gasteiger partial charge in [-0.25, -0.2) is 0 Å². The first-order valence-corrected chi connectivity index (χ1v) is 13.6. The van der Waals surface area contributed by atoms with E-state index in [1.807, 2.05) is 44.2 Å². The van der Waals surface area contributed by atoms with Crippen molar-refractivity contribution in [2.24, 2.45) is 16.3 Å². The maximum atomic E-state index is 14.3. The summed E-state index contributed by atoms with van der Waals surface area (Å²) in [5, 5.41) is 11.4. The number of anilines is 1. The van der Waals surface area contributed by atoms with Gasteiger partial charge in [-0.05, 0) is 54.3 Å². The zero-order valence-corrected chi connectivity index (χ0v) is 23.2. The third-order valence-electron chi connectivity index (χ3n) is 7.60. The van der Waals surface area contributed by atoms with Gasteiger partial charge >= 0.3 is 0 Å². The van der Waals surface area contributed by atoms with Gasteiger partial charge in [0.15, 0.2) is 0 Å². The van der Waals surface area contributed by atoms with Crippen LogP contribution in [-0.2, 0) is 4.79 Å². The highest BCUT2D eigenvalue weighted by atomic mass is 35.5. The third-order valence-corrected chi connectivity index (χ3v) is 7.92. The summed E-state index contributed by atoms with van der Waals surface area (Å²) in [5.41, 5.74) is 2.39. The van der Waals surface area contributed by atoms with Crippen LogP contribution in [0.15, 0.2) is 94.3 Å². The molecule has 0 saturated heterocycles. The molecule has 0 N–H and O–H groups in total. The number of Topliss-reactive ketones (excluding diaryl/α,β-unsaturated/α-hetero) is 1. The summed E-state index contributed by atoms with van der Waals surface area (Å²) >= 11 is 6.42. The van der Waals surface area contributed by atoms with Gasteiger partial charge in [0.1, 0.15) is 23.3 Å². The van der Waals surface area contributed by atoms with Gasteiger partial charge in [0, 0.05) is 35.4 Å². The van der Waals surface area contributed by atoms with E-state index >= 15 is 0 Å². The van der Waals surface area contributed by atoms with E-state index in [1.165, 1.54) is 18.2 Å². The highest BCUT2D eigenvalue weighted by molar-refractivity contribution is 6.33. The molecule has 8 nitrogen and oxygen atoms in total. The molecule has 1 fully saturated rings. The fourth-order valence-corrected chi connectivity index (χ4v) is 6.10. The number of fused-ring (bicyclic) bond motifs is 2. The molecule has 1 aromatic heterocycles. The third kappa shape index (κ3) is 4.85. The molecule has 2 heterocycles. The predicted octanol–water partition coefficient (Wildman–Crippen LogP) is 7.99. The second-order valence-electron chi connectivity index (χ2n) is 11.2. The van der Waals surface area contributed by atoms with Crippen molar-refractivity contribution in [3.8, 4) is 11.3 Å². The quantitative estimate of drug-likeness (QED) is 0.183. The molecule has 2 aliphatic rings. The number of para-hydroxylation sites is 2. The predicted molar refractivity (Wildman–Crippen MR) is 157 cm³/mol. The molecule has 0 unspecified atom stereocenters. The molecule has 2 atom stereocenters. The van der Waals surface area contributed by atoms with Crippen molar-refractivity contribution in [3.05, 3.63) is 111 Å². The van der Waals surface area contributed by atoms with Crippen LogP contribution in [0.2, 0.25) is 5.02 Å². The molecule has 4 aromatic rings. The largest absolute Gasteiger partial charge is 0.459 e. The fourth-order valence-electron chi connectivity index (χ4n) is 5.83. The lowest BCUT2D eigenvalue weighted by Gasteiger charge is -2.39. The van der Waals surface area contributed by atoms with E-state index in [9.17, 15) is 19.7 Å². The highest BCUT2D eigenvalue weighted by Crippen LogP contribution is 2.49. The second-order valence-corrected chi connectivity index (χ2v) is 11.6. The normalized spacial score (nSPS) is 19.5. The number of nitro benzene ring substituents is 1. The van der Waals surface area contributed by atoms with Crippen molar-refractivity contribution in [3.63, 3.8) is 0 Å². The van der Waals surface area contributed by atoms with E-state index in [0.29, 0.717) is 52.6 Å². The van der Waals surface area contributed by atoms with Crippen LogP contribution in [0.5, 0.6) is 0 Å². The van der Waals surface area contributed by atoms with Crippen molar-refractivity contribution < 1.29 is 18.9 Å². The Morgan fingerprint density at radius 2 is 1.76 bits per heavy atom. The maximum Gasteiger partial charge on any atom is 0.270 e. The van der Waals surface area contributed by atoms with E-state index in [0.717, 1.165) is 0 Å². The number of nitrogens with zero attached hydrogens (tertiary/aromatic N) is 3. The van der Waals surface area contributed by atoms with Gasteiger partial charge in [0.05, 0.1) is 27.2 Å². The topological polar surface area (TPSA) is 106 Å². The first kappa shape index (κ1) is 26.7. The number of carbonyl (C=O) groups excluding carboxylic acids is 2. The van der Waals surface area contributed by atoms with Gasteiger partial charge in [-0.15, -0.1) is 0 Å². The summed E-state index contributed by atoms with van der Waals surface area (Å²) in [4.78, 5) is 45.5. The van der Waals surface area contributed by atoms with Crippen LogP contribution in [0.25, 0.3) is 11.3 Å². The summed E-state index contributed by atoms with van der Waals surface area (Å²) in [6.07, 6.45) is 0.919. The van der Waals surface area contributed by atoms with Gasteiger partial charge in [-0.3, -0.25) is 29.6 Å². The number of aliphatic imine (C=N–C) groups is 1. The number of halogens is 1. The van der Waals surface area contributed by atoms with Crippen molar-refractivity contribution >= 4 is 46.1 Å². The molecule has 206 valence electrons. The van der Waals surface area contributed by atoms with Crippen molar-refractivity contribution in [2.75, 3.05) is 4.90 Å². The van der Waals surface area contributed by atoms with Crippen molar-refractivity contribution in [2.45, 2.75) is 32.7 Å². The van der Waals surface area contributed by atoms with Gasteiger partial charge in [-0.1, -0.05) is 55.8 Å². The van der Waals surface area contributed by atoms with Crippen LogP contribution in [0.4, 0.5) is 17.1 Å². The molecule has 6 rings (SSSR count). The van der Waals surface area contributed by atoms with Crippen LogP contribution in [0, 0.1) is 21.4 Å². The Kier molecular flexibility index (Phi) is 6.58. The first-order valence-electron chi connectivity index (χ1n) is 13.2. The smallest absolute Gasteiger partial charge is 0.270 e. The molecule has 0 bridgehead atoms. The summed E-state index contributed by atoms with van der Waals surface area (Å²) in [6.45, 7) is 4.09. The molecule has 1 amide bonds. The molecule has 9 heteroatoms. The standard InChI is InChI=1S/C32H26ClN3O5/c1-32(2)17-24-29(26(37)18-32)30(28-15-14-27(41-28)21-13-12-20(36(39)40)16-22(21)33)35(25-11-7-6-10-23(25)34-24)31(38)19-8-4-3-5-9-19/h3-16,29-30H,17-18H2,1-2H3/t29-,30+/m0/s1. The van der Waals surface area contributed by atoms with E-state index in [-0.39, 0.29) is 27.8 Å². The Morgan fingerprint density at radius 1 is 1.02 bits per heavy atom. The Hall–Kier alpha value is -4.56. The van der Waals surface area contributed by atoms with Gasteiger partial charge in [0.25, 0.3) is 11.6 Å². The van der Waals surface area contributed by atoms with Gasteiger partial charge < -0.3 is 4.42 Å². The number of non-ortho nitro benzene ring substituents is 1. The molecule has 1 aliphatic carbocycles. The summed E-state index contributed by atoms with van der Waals surface area (Å²) in [5.74, 6) is -0.277. The summed E-state index contributed by atoms with van der Waals surface area (Å²) in [6, 6.07) is 23.1. The van der Waals surface area contributed by atoms with Crippen LogP contribution < -0.4 is 4.90 Å². The van der Waals surface area contributed by atoms with Crippen LogP contribution in [0.1, 0.15) is 48.8 Å². The number of nitro groups is 1. The number of amides is 1. The lowest BCUT2D eigenvalue weighted by Crippen LogP contribution is -2.47. The Bertz CT molecular complexity index is 1730. The molecule has 41 heavy (non-hydrogen) atoms. The van der Waals surface area contributed by atoms with Crippen LogP contribution >= 0.6 is 11.6 Å². The molecule has 3 aromatic carbocycles. The molecule has 0 radical (unpaired) electrons. The molecule has 1 aliphatic heterocycles. The van der Waals surface area contributed by atoms with Gasteiger partial charge in [0.2, 0.25) is 0 Å². The molecular formula is C32H26ClN3O5. The van der Waals surface area contributed by atoms with Crippen molar-refractivity contribution in [1.29, 1.82) is 0 Å². The number of ketones is 1. The number of benzene rings is 3. The minimum atomic E-state index is -0.820. The number of hydrogen-bond donors (Lipinski definition) is 0. The maximum absolute atomic E-state index is 14.3. The van der Waals surface area contributed by atoms with E-state index in [1.54, 1.807) is 41.3 Å². The minimum Gasteiger partial charge on any atom is -0.459 e. The summed E-state index contributed by atoms with van der Waals surface area (Å²) in [7, 11) is 0. The lowest BCUT2D eigenvalue weighted by atomic mass is 9.68. The van der Waals surface area contributed by atoms with E-state index < -0.39 is 16.9 Å². The average Bonchev–Trinajstić information content (AvgIpc) is 3.36. The molecule has 1 saturated carbocycles. The molecule has 0 spiro atoms. The average molecular weight is 568 g/mol. The first-order chi connectivity index (χ1) is 19.6. The molecular weight excluding hydrogens is 542 g/mol. The van der Waals surface area contributed by atoms with E-state index in [4.69, 9.17) is 21.0 Å². The number of carbonyl (C=O) groups is 2. The summed E-state index contributed by atoms with van der Waals surface area (Å²) < 4.78 is 6.37. The number of rotatable bonds is 4. The highest BCUT2D eigenvalue weighted by Gasteiger charge is 2.49. The Labute approximate surface area is 241 Å². The van der Waals surface area contributed by atoms with Crippen LogP contribution in [-0.4, -0.2) is 22.3 Å².